The first kappa shape index (κ1) is 15.5. The van der Waals surface area contributed by atoms with Gasteiger partial charge in [0.05, 0.1) is 25.1 Å². The van der Waals surface area contributed by atoms with Crippen molar-refractivity contribution in [1.29, 1.82) is 0 Å². The van der Waals surface area contributed by atoms with Gasteiger partial charge in [0.2, 0.25) is 0 Å². The third kappa shape index (κ3) is 5.61. The fourth-order valence-electron chi connectivity index (χ4n) is 2.73. The summed E-state index contributed by atoms with van der Waals surface area (Å²) >= 11 is 0. The molecule has 2 N–H and O–H groups in total. The van der Waals surface area contributed by atoms with Crippen molar-refractivity contribution < 1.29 is 9.84 Å². The van der Waals surface area contributed by atoms with E-state index in [0.29, 0.717) is 19.3 Å². The maximum absolute atomic E-state index is 9.90. The molecular weight excluding hydrogens is 254 g/mol. The van der Waals surface area contributed by atoms with E-state index in [1.54, 1.807) is 12.5 Å². The molecule has 0 radical (unpaired) electrons. The van der Waals surface area contributed by atoms with Crippen LogP contribution < -0.4 is 5.32 Å². The minimum absolute atomic E-state index is 0.347. The van der Waals surface area contributed by atoms with Crippen LogP contribution in [0.25, 0.3) is 0 Å². The predicted octanol–water partition coefficient (Wildman–Crippen LogP) is 1.43. The molecule has 5 nitrogen and oxygen atoms in total. The van der Waals surface area contributed by atoms with Gasteiger partial charge in [-0.2, -0.15) is 0 Å². The second kappa shape index (κ2) is 8.39. The number of hydrogen-bond donors (Lipinski definition) is 2. The van der Waals surface area contributed by atoms with Crippen LogP contribution in [-0.4, -0.2) is 46.6 Å². The summed E-state index contributed by atoms with van der Waals surface area (Å²) in [5.41, 5.74) is 0. The summed E-state index contributed by atoms with van der Waals surface area (Å²) in [6.45, 7) is 5.00. The van der Waals surface area contributed by atoms with E-state index in [1.807, 2.05) is 10.8 Å². The van der Waals surface area contributed by atoms with Crippen molar-refractivity contribution >= 4 is 0 Å². The molecule has 0 saturated heterocycles. The normalized spacial score (nSPS) is 24.7. The Bertz CT molecular complexity index is 356. The fraction of sp³-hybridized carbons (Fsp3) is 0.800. The number of nitrogens with zero attached hydrogens (tertiary/aromatic N) is 2. The summed E-state index contributed by atoms with van der Waals surface area (Å²) in [5.74, 6) is 0.763. The Labute approximate surface area is 121 Å². The van der Waals surface area contributed by atoms with Crippen molar-refractivity contribution in [2.24, 2.45) is 5.92 Å². The van der Waals surface area contributed by atoms with Crippen LogP contribution in [0.15, 0.2) is 18.7 Å². The van der Waals surface area contributed by atoms with Gasteiger partial charge in [-0.15, -0.1) is 0 Å². The van der Waals surface area contributed by atoms with Crippen molar-refractivity contribution in [3.63, 3.8) is 0 Å². The SMILES string of the molecule is CC1CCCC(OCC(O)CNCCn2ccnc2)C1. The van der Waals surface area contributed by atoms with Gasteiger partial charge in [-0.1, -0.05) is 19.8 Å². The summed E-state index contributed by atoms with van der Waals surface area (Å²) in [4.78, 5) is 3.99. The standard InChI is InChI=1S/C15H27N3O2/c1-13-3-2-4-15(9-13)20-11-14(19)10-16-5-7-18-8-6-17-12-18/h6,8,12-16,19H,2-5,7,9-11H2,1H3. The van der Waals surface area contributed by atoms with E-state index in [1.165, 1.54) is 12.8 Å². The number of aliphatic hydroxyl groups excluding tert-OH is 1. The highest BCUT2D eigenvalue weighted by molar-refractivity contribution is 4.74. The molecule has 0 aromatic carbocycles. The van der Waals surface area contributed by atoms with Crippen molar-refractivity contribution in [1.82, 2.24) is 14.9 Å². The molecule has 0 spiro atoms. The molecule has 1 saturated carbocycles. The Morgan fingerprint density at radius 3 is 3.15 bits per heavy atom. The Morgan fingerprint density at radius 2 is 2.40 bits per heavy atom. The van der Waals surface area contributed by atoms with Crippen LogP contribution in [0, 0.1) is 5.92 Å². The minimum atomic E-state index is -0.421. The first-order valence-corrected chi connectivity index (χ1v) is 7.70. The number of hydrogen-bond acceptors (Lipinski definition) is 4. The summed E-state index contributed by atoms with van der Waals surface area (Å²) < 4.78 is 7.83. The lowest BCUT2D eigenvalue weighted by Crippen LogP contribution is -2.34. The van der Waals surface area contributed by atoms with Crippen molar-refractivity contribution in [3.8, 4) is 0 Å². The minimum Gasteiger partial charge on any atom is -0.389 e. The molecule has 1 aromatic heterocycles. The van der Waals surface area contributed by atoms with Crippen molar-refractivity contribution in [3.05, 3.63) is 18.7 Å². The smallest absolute Gasteiger partial charge is 0.0946 e. The highest BCUT2D eigenvalue weighted by atomic mass is 16.5. The first-order chi connectivity index (χ1) is 9.74. The molecule has 2 rings (SSSR count). The number of ether oxygens (including phenoxy) is 1. The highest BCUT2D eigenvalue weighted by Crippen LogP contribution is 2.25. The molecule has 5 heteroatoms. The highest BCUT2D eigenvalue weighted by Gasteiger charge is 2.20. The third-order valence-corrected chi connectivity index (χ3v) is 3.90. The van der Waals surface area contributed by atoms with Crippen LogP contribution >= 0.6 is 0 Å². The maximum Gasteiger partial charge on any atom is 0.0946 e. The molecule has 114 valence electrons. The summed E-state index contributed by atoms with van der Waals surface area (Å²) in [6.07, 6.45) is 10.3. The molecule has 1 heterocycles. The Kier molecular flexibility index (Phi) is 6.50. The summed E-state index contributed by atoms with van der Waals surface area (Å²) in [6, 6.07) is 0. The van der Waals surface area contributed by atoms with Gasteiger partial charge < -0.3 is 19.7 Å². The van der Waals surface area contributed by atoms with E-state index in [2.05, 4.69) is 17.2 Å². The molecule has 3 unspecified atom stereocenters. The molecule has 0 amide bonds. The first-order valence-electron chi connectivity index (χ1n) is 7.70. The van der Waals surface area contributed by atoms with Crippen LogP contribution in [0.4, 0.5) is 0 Å². The van der Waals surface area contributed by atoms with E-state index in [-0.39, 0.29) is 0 Å². The zero-order chi connectivity index (χ0) is 14.2. The molecule has 1 aliphatic rings. The average molecular weight is 281 g/mol. The van der Waals surface area contributed by atoms with Gasteiger partial charge in [0.25, 0.3) is 0 Å². The van der Waals surface area contributed by atoms with Gasteiger partial charge in [0.15, 0.2) is 0 Å². The number of nitrogens with one attached hydrogen (secondary N) is 1. The van der Waals surface area contributed by atoms with Gasteiger partial charge in [0, 0.05) is 32.0 Å². The zero-order valence-corrected chi connectivity index (χ0v) is 12.4. The van der Waals surface area contributed by atoms with E-state index < -0.39 is 6.10 Å². The van der Waals surface area contributed by atoms with Gasteiger partial charge >= 0.3 is 0 Å². The lowest BCUT2D eigenvalue weighted by Gasteiger charge is -2.27. The maximum atomic E-state index is 9.90. The predicted molar refractivity (Wildman–Crippen MR) is 78.5 cm³/mol. The van der Waals surface area contributed by atoms with Crippen LogP contribution in [0.5, 0.6) is 0 Å². The Balaban J connectivity index is 1.50. The summed E-state index contributed by atoms with van der Waals surface area (Å²) in [7, 11) is 0. The number of imidazole rings is 1. The number of aromatic nitrogens is 2. The quantitative estimate of drug-likeness (QED) is 0.708. The summed E-state index contributed by atoms with van der Waals surface area (Å²) in [5, 5.41) is 13.1. The van der Waals surface area contributed by atoms with E-state index in [4.69, 9.17) is 4.74 Å². The Hall–Kier alpha value is -0.910. The van der Waals surface area contributed by atoms with Gasteiger partial charge in [-0.3, -0.25) is 0 Å². The molecule has 20 heavy (non-hydrogen) atoms. The van der Waals surface area contributed by atoms with E-state index >= 15 is 0 Å². The van der Waals surface area contributed by atoms with Crippen LogP contribution in [0.3, 0.4) is 0 Å². The van der Waals surface area contributed by atoms with Gasteiger partial charge in [-0.25, -0.2) is 4.98 Å². The largest absolute Gasteiger partial charge is 0.389 e. The van der Waals surface area contributed by atoms with Crippen LogP contribution in [0.2, 0.25) is 0 Å². The average Bonchev–Trinajstić information content (AvgIpc) is 2.95. The molecule has 1 fully saturated rings. The molecule has 0 aliphatic heterocycles. The van der Waals surface area contributed by atoms with E-state index in [9.17, 15) is 5.11 Å². The second-order valence-electron chi connectivity index (χ2n) is 5.89. The topological polar surface area (TPSA) is 59.3 Å². The van der Waals surface area contributed by atoms with Crippen LogP contribution in [0.1, 0.15) is 32.6 Å². The Morgan fingerprint density at radius 1 is 1.50 bits per heavy atom. The zero-order valence-electron chi connectivity index (χ0n) is 12.4. The van der Waals surface area contributed by atoms with Gasteiger partial charge in [0.1, 0.15) is 0 Å². The molecule has 1 aliphatic carbocycles. The third-order valence-electron chi connectivity index (χ3n) is 3.90. The lowest BCUT2D eigenvalue weighted by atomic mass is 9.89. The lowest BCUT2D eigenvalue weighted by molar-refractivity contribution is -0.0305. The van der Waals surface area contributed by atoms with Gasteiger partial charge in [-0.05, 0) is 18.8 Å². The molecular formula is C15H27N3O2. The second-order valence-corrected chi connectivity index (χ2v) is 5.89. The number of aliphatic hydroxyl groups is 1. The van der Waals surface area contributed by atoms with Crippen LogP contribution in [-0.2, 0) is 11.3 Å². The van der Waals surface area contributed by atoms with Crippen molar-refractivity contribution in [2.75, 3.05) is 19.7 Å². The molecule has 0 bridgehead atoms. The molecule has 1 aromatic rings. The fourth-order valence-corrected chi connectivity index (χ4v) is 2.73. The monoisotopic (exact) mass is 281 g/mol. The number of rotatable bonds is 8. The van der Waals surface area contributed by atoms with E-state index in [0.717, 1.165) is 31.8 Å². The molecule has 3 atom stereocenters. The van der Waals surface area contributed by atoms with Crippen molar-refractivity contribution in [2.45, 2.75) is 51.4 Å².